The molecule has 0 aliphatic carbocycles. The van der Waals surface area contributed by atoms with Crippen molar-refractivity contribution in [2.45, 2.75) is 85.0 Å². The van der Waals surface area contributed by atoms with Crippen molar-refractivity contribution in [3.8, 4) is 0 Å². The summed E-state index contributed by atoms with van der Waals surface area (Å²) in [4.78, 5) is 22.8. The zero-order valence-electron chi connectivity index (χ0n) is 15.9. The topological polar surface area (TPSA) is 74.6 Å². The van der Waals surface area contributed by atoms with Gasteiger partial charge in [0.05, 0.1) is 0 Å². The van der Waals surface area contributed by atoms with E-state index in [2.05, 4.69) is 6.92 Å². The second kappa shape index (κ2) is 14.0. The van der Waals surface area contributed by atoms with E-state index in [1.165, 1.54) is 38.5 Å². The molecule has 0 fully saturated rings. The van der Waals surface area contributed by atoms with Crippen LogP contribution in [0, 0.1) is 11.3 Å². The Labute approximate surface area is 179 Å². The standard InChI is InChI=1S/C17H32O4.K.H/c1-4-5-6-7-8-9-10-11-12-13-17(14(2)3,15(18)19)16(20)21;;/h14H,4-13H2,1-3H3,(H,18,19)(H,20,21);;/q;+1;-1. The quantitative estimate of drug-likeness (QED) is 0.305. The van der Waals surface area contributed by atoms with E-state index in [0.29, 0.717) is 6.42 Å². The van der Waals surface area contributed by atoms with Gasteiger partial charge < -0.3 is 11.6 Å². The third kappa shape index (κ3) is 8.43. The average molecular weight is 341 g/mol. The fourth-order valence-corrected chi connectivity index (χ4v) is 2.80. The van der Waals surface area contributed by atoms with E-state index in [4.69, 9.17) is 0 Å². The first kappa shape index (κ1) is 24.8. The van der Waals surface area contributed by atoms with E-state index in [0.717, 1.165) is 12.8 Å². The summed E-state index contributed by atoms with van der Waals surface area (Å²) in [5.41, 5.74) is -1.62. The van der Waals surface area contributed by atoms with Gasteiger partial charge in [0.15, 0.2) is 5.41 Å². The number of unbranched alkanes of at least 4 members (excludes halogenated alkanes) is 8. The molecule has 0 atom stereocenters. The van der Waals surface area contributed by atoms with Crippen molar-refractivity contribution in [3.05, 3.63) is 0 Å². The Morgan fingerprint density at radius 3 is 1.55 bits per heavy atom. The molecule has 0 aromatic carbocycles. The second-order valence-corrected chi connectivity index (χ2v) is 6.31. The van der Waals surface area contributed by atoms with Crippen LogP contribution in [-0.2, 0) is 9.59 Å². The van der Waals surface area contributed by atoms with Crippen molar-refractivity contribution in [2.75, 3.05) is 0 Å². The number of carbonyl (C=O) groups is 2. The van der Waals surface area contributed by atoms with Crippen LogP contribution in [0.2, 0.25) is 0 Å². The molecule has 4 nitrogen and oxygen atoms in total. The van der Waals surface area contributed by atoms with Crippen molar-refractivity contribution in [1.29, 1.82) is 0 Å². The molecule has 5 heteroatoms. The fraction of sp³-hybridized carbons (Fsp3) is 0.882. The van der Waals surface area contributed by atoms with E-state index in [-0.39, 0.29) is 59.2 Å². The van der Waals surface area contributed by atoms with Gasteiger partial charge in [-0.25, -0.2) is 0 Å². The number of hydrogen-bond acceptors (Lipinski definition) is 2. The zero-order valence-corrected chi connectivity index (χ0v) is 18.0. The molecule has 0 saturated carbocycles. The molecule has 126 valence electrons. The Kier molecular flexibility index (Phi) is 15.8. The molecular formula is C17H33KO4. The van der Waals surface area contributed by atoms with Crippen molar-refractivity contribution >= 4 is 11.9 Å². The van der Waals surface area contributed by atoms with Gasteiger partial charge in [0.25, 0.3) is 0 Å². The average Bonchev–Trinajstić information content (AvgIpc) is 2.39. The van der Waals surface area contributed by atoms with Crippen LogP contribution in [0.3, 0.4) is 0 Å². The number of rotatable bonds is 13. The molecule has 0 aliphatic rings. The molecule has 0 heterocycles. The van der Waals surface area contributed by atoms with Crippen molar-refractivity contribution in [2.24, 2.45) is 11.3 Å². The number of aliphatic carboxylic acids is 2. The summed E-state index contributed by atoms with van der Waals surface area (Å²) in [7, 11) is 0. The first-order valence-corrected chi connectivity index (χ1v) is 8.36. The zero-order chi connectivity index (χ0) is 16.3. The van der Waals surface area contributed by atoms with Crippen LogP contribution in [0.5, 0.6) is 0 Å². The molecule has 0 amide bonds. The summed E-state index contributed by atoms with van der Waals surface area (Å²) in [6.45, 7) is 5.55. The normalized spacial score (nSPS) is 11.3. The van der Waals surface area contributed by atoms with Gasteiger partial charge in [-0.3, -0.25) is 9.59 Å². The second-order valence-electron chi connectivity index (χ2n) is 6.31. The Balaban J connectivity index is -0.00000200. The van der Waals surface area contributed by atoms with Gasteiger partial charge in [-0.2, -0.15) is 0 Å². The Morgan fingerprint density at radius 2 is 1.23 bits per heavy atom. The van der Waals surface area contributed by atoms with E-state index >= 15 is 0 Å². The third-order valence-electron chi connectivity index (χ3n) is 4.42. The molecule has 0 aromatic heterocycles. The Bertz CT molecular complexity index is 308. The van der Waals surface area contributed by atoms with Gasteiger partial charge in [0.1, 0.15) is 0 Å². The van der Waals surface area contributed by atoms with Crippen LogP contribution in [0.4, 0.5) is 0 Å². The first-order chi connectivity index (χ1) is 9.89. The minimum Gasteiger partial charge on any atom is -1.00 e. The van der Waals surface area contributed by atoms with Crippen LogP contribution in [0.1, 0.15) is 86.4 Å². The van der Waals surface area contributed by atoms with E-state index in [1.54, 1.807) is 13.8 Å². The van der Waals surface area contributed by atoms with Gasteiger partial charge >= 0.3 is 63.3 Å². The molecule has 0 radical (unpaired) electrons. The number of carboxylic acid groups (broad SMARTS) is 2. The summed E-state index contributed by atoms with van der Waals surface area (Å²) < 4.78 is 0. The van der Waals surface area contributed by atoms with Gasteiger partial charge in [0.2, 0.25) is 0 Å². The molecule has 0 unspecified atom stereocenters. The van der Waals surface area contributed by atoms with Gasteiger partial charge in [-0.05, 0) is 12.3 Å². The summed E-state index contributed by atoms with van der Waals surface area (Å²) in [5.74, 6) is -2.81. The van der Waals surface area contributed by atoms with Gasteiger partial charge in [-0.15, -0.1) is 0 Å². The largest absolute Gasteiger partial charge is 1.00 e. The minimum absolute atomic E-state index is 0. The molecular weight excluding hydrogens is 307 g/mol. The molecule has 0 aliphatic heterocycles. The Morgan fingerprint density at radius 1 is 0.864 bits per heavy atom. The van der Waals surface area contributed by atoms with E-state index in [9.17, 15) is 19.8 Å². The smallest absolute Gasteiger partial charge is 1.00 e. The van der Waals surface area contributed by atoms with Crippen molar-refractivity contribution < 1.29 is 72.6 Å². The number of hydrogen-bond donors (Lipinski definition) is 2. The molecule has 0 bridgehead atoms. The monoisotopic (exact) mass is 340 g/mol. The van der Waals surface area contributed by atoms with Crippen LogP contribution >= 0.6 is 0 Å². The molecule has 0 rings (SSSR count). The third-order valence-corrected chi connectivity index (χ3v) is 4.42. The van der Waals surface area contributed by atoms with Gasteiger partial charge in [0, 0.05) is 0 Å². The fourth-order valence-electron chi connectivity index (χ4n) is 2.80. The van der Waals surface area contributed by atoms with Crippen LogP contribution < -0.4 is 51.4 Å². The van der Waals surface area contributed by atoms with Crippen molar-refractivity contribution in [1.82, 2.24) is 0 Å². The summed E-state index contributed by atoms with van der Waals surface area (Å²) in [6, 6.07) is 0. The van der Waals surface area contributed by atoms with Crippen LogP contribution in [-0.4, -0.2) is 22.2 Å². The maximum atomic E-state index is 11.4. The summed E-state index contributed by atoms with van der Waals surface area (Å²) >= 11 is 0. The summed E-state index contributed by atoms with van der Waals surface area (Å²) in [5, 5.41) is 18.6. The maximum Gasteiger partial charge on any atom is 1.00 e. The summed E-state index contributed by atoms with van der Waals surface area (Å²) in [6.07, 6.45) is 10.4. The molecule has 0 spiro atoms. The number of carboxylic acids is 2. The Hall–Kier alpha value is 0.576. The van der Waals surface area contributed by atoms with E-state index in [1.807, 2.05) is 0 Å². The first-order valence-electron chi connectivity index (χ1n) is 8.36. The maximum absolute atomic E-state index is 11.4. The minimum atomic E-state index is -1.62. The van der Waals surface area contributed by atoms with E-state index < -0.39 is 23.3 Å². The van der Waals surface area contributed by atoms with Gasteiger partial charge in [-0.1, -0.05) is 78.6 Å². The predicted molar refractivity (Wildman–Crippen MR) is 85.5 cm³/mol. The van der Waals surface area contributed by atoms with Crippen molar-refractivity contribution in [3.63, 3.8) is 0 Å². The van der Waals surface area contributed by atoms with Crippen LogP contribution in [0.25, 0.3) is 0 Å². The SMILES string of the molecule is CCCCCCCCCCCC(C(=O)O)(C(=O)O)C(C)C.[H-].[K+]. The molecule has 2 N–H and O–H groups in total. The molecule has 22 heavy (non-hydrogen) atoms. The predicted octanol–water partition coefficient (Wildman–Crippen LogP) is 1.84. The molecule has 0 saturated heterocycles. The molecule has 0 aromatic rings. The van der Waals surface area contributed by atoms with Crippen LogP contribution in [0.15, 0.2) is 0 Å².